The van der Waals surface area contributed by atoms with Crippen molar-refractivity contribution >= 4 is 39.0 Å². The lowest BCUT2D eigenvalue weighted by atomic mass is 10.3. The molecule has 3 rings (SSSR count). The van der Waals surface area contributed by atoms with Crippen molar-refractivity contribution in [3.05, 3.63) is 59.0 Å². The van der Waals surface area contributed by atoms with Crippen LogP contribution in [0.1, 0.15) is 16.2 Å². The second-order valence-corrected chi connectivity index (χ2v) is 7.56. The van der Waals surface area contributed by atoms with Crippen LogP contribution in [0.4, 0.5) is 24.7 Å². The summed E-state index contributed by atoms with van der Waals surface area (Å²) in [6.07, 6.45) is -4.66. The van der Waals surface area contributed by atoms with Gasteiger partial charge in [-0.05, 0) is 36.4 Å². The number of amides is 1. The Hall–Kier alpha value is -3.19. The number of benzene rings is 1. The van der Waals surface area contributed by atoms with Crippen LogP contribution in [0.25, 0.3) is 0 Å². The summed E-state index contributed by atoms with van der Waals surface area (Å²) in [6.45, 7) is 0. The average Bonchev–Trinajstić information content (AvgIpc) is 3.15. The maximum Gasteiger partial charge on any atom is 0.432 e. The number of hydrogen-bond acceptors (Lipinski definition) is 6. The zero-order valence-corrected chi connectivity index (χ0v) is 15.6. The molecule has 0 saturated heterocycles. The summed E-state index contributed by atoms with van der Waals surface area (Å²) >= 11 is 5.58. The van der Waals surface area contributed by atoms with Gasteiger partial charge in [0, 0.05) is 11.8 Å². The van der Waals surface area contributed by atoms with Gasteiger partial charge in [-0.3, -0.25) is 14.6 Å². The van der Waals surface area contributed by atoms with Gasteiger partial charge < -0.3 is 5.32 Å². The number of halogens is 4. The van der Waals surface area contributed by atoms with Gasteiger partial charge in [-0.25, -0.2) is 8.42 Å². The van der Waals surface area contributed by atoms with Crippen LogP contribution in [0.5, 0.6) is 0 Å². The highest BCUT2D eigenvalue weighted by molar-refractivity contribution is 7.92. The number of sulfonamides is 1. The summed E-state index contributed by atoms with van der Waals surface area (Å²) in [5.74, 6) is -0.951. The first-order valence-corrected chi connectivity index (χ1v) is 9.47. The van der Waals surface area contributed by atoms with E-state index in [4.69, 9.17) is 11.6 Å². The molecule has 0 aliphatic heterocycles. The van der Waals surface area contributed by atoms with Crippen LogP contribution in [0.15, 0.2) is 47.4 Å². The maximum atomic E-state index is 12.5. The first-order valence-electron chi connectivity index (χ1n) is 7.61. The first kappa shape index (κ1) is 20.5. The Balaban J connectivity index is 1.70. The van der Waals surface area contributed by atoms with Crippen molar-refractivity contribution < 1.29 is 26.4 Å². The van der Waals surface area contributed by atoms with Crippen LogP contribution in [0.3, 0.4) is 0 Å². The van der Waals surface area contributed by atoms with Crippen LogP contribution < -0.4 is 10.0 Å². The van der Waals surface area contributed by atoms with Gasteiger partial charge in [0.1, 0.15) is 5.69 Å². The molecule has 29 heavy (non-hydrogen) atoms. The molecular formula is C15H10ClF3N6O3S. The Morgan fingerprint density at radius 3 is 2.31 bits per heavy atom. The molecule has 2 aromatic heterocycles. The van der Waals surface area contributed by atoms with E-state index in [0.29, 0.717) is 6.07 Å². The van der Waals surface area contributed by atoms with E-state index in [-0.39, 0.29) is 21.6 Å². The van der Waals surface area contributed by atoms with E-state index in [1.54, 1.807) is 5.10 Å². The fraction of sp³-hybridized carbons (Fsp3) is 0.0667. The number of nitrogens with one attached hydrogen (secondary N) is 3. The Kier molecular flexibility index (Phi) is 5.44. The summed E-state index contributed by atoms with van der Waals surface area (Å²) in [6, 6.07) is 8.13. The van der Waals surface area contributed by atoms with E-state index in [0.717, 1.165) is 0 Å². The number of nitrogens with zero attached hydrogens (tertiary/aromatic N) is 3. The first-order chi connectivity index (χ1) is 13.5. The molecule has 0 saturated carbocycles. The maximum absolute atomic E-state index is 12.5. The lowest BCUT2D eigenvalue weighted by Gasteiger charge is -2.08. The second kappa shape index (κ2) is 7.67. The third-order valence-electron chi connectivity index (χ3n) is 3.41. The predicted octanol–water partition coefficient (Wildman–Crippen LogP) is 2.93. The number of alkyl halides is 3. The second-order valence-electron chi connectivity index (χ2n) is 5.49. The summed E-state index contributed by atoms with van der Waals surface area (Å²) in [4.78, 5) is 11.8. The largest absolute Gasteiger partial charge is 0.432 e. The molecule has 1 aromatic carbocycles. The van der Waals surface area contributed by atoms with Crippen LogP contribution in [0, 0.1) is 0 Å². The summed E-state index contributed by atoms with van der Waals surface area (Å²) in [5, 5.41) is 14.5. The van der Waals surface area contributed by atoms with Crippen molar-refractivity contribution in [2.45, 2.75) is 11.1 Å². The molecule has 1 amide bonds. The number of aromatic amines is 1. The van der Waals surface area contributed by atoms with E-state index < -0.39 is 33.5 Å². The molecule has 0 atom stereocenters. The molecule has 0 aliphatic carbocycles. The Morgan fingerprint density at radius 1 is 1.07 bits per heavy atom. The summed E-state index contributed by atoms with van der Waals surface area (Å²) < 4.78 is 64.5. The molecule has 0 radical (unpaired) electrons. The summed E-state index contributed by atoms with van der Waals surface area (Å²) in [5.41, 5.74) is -1.49. The monoisotopic (exact) mass is 446 g/mol. The zero-order valence-electron chi connectivity index (χ0n) is 14.0. The van der Waals surface area contributed by atoms with Crippen molar-refractivity contribution in [3.63, 3.8) is 0 Å². The van der Waals surface area contributed by atoms with Crippen LogP contribution in [0.2, 0.25) is 5.15 Å². The number of hydrogen-bond donors (Lipinski definition) is 3. The molecule has 14 heteroatoms. The van der Waals surface area contributed by atoms with Gasteiger partial charge in [0.05, 0.1) is 4.90 Å². The molecule has 0 unspecified atom stereocenters. The highest BCUT2D eigenvalue weighted by Crippen LogP contribution is 2.27. The Bertz CT molecular complexity index is 1130. The smallest absolute Gasteiger partial charge is 0.321 e. The molecule has 0 fully saturated rings. The SMILES string of the molecule is O=C(Nc1ccc(S(=O)(=O)Nc2ccc(Cl)nn2)cc1)c1cc(C(F)(F)F)[nH]n1. The number of anilines is 2. The fourth-order valence-electron chi connectivity index (χ4n) is 2.06. The number of carbonyl (C=O) groups excluding carboxylic acids is 1. The molecular weight excluding hydrogens is 437 g/mol. The molecule has 0 spiro atoms. The Labute approximate surface area is 166 Å². The van der Waals surface area contributed by atoms with Gasteiger partial charge in [0.15, 0.2) is 16.7 Å². The van der Waals surface area contributed by atoms with E-state index in [2.05, 4.69) is 25.3 Å². The zero-order chi connectivity index (χ0) is 21.2. The van der Waals surface area contributed by atoms with Gasteiger partial charge in [-0.1, -0.05) is 11.6 Å². The minimum atomic E-state index is -4.66. The third-order valence-corrected chi connectivity index (χ3v) is 4.98. The fourth-order valence-corrected chi connectivity index (χ4v) is 3.16. The van der Waals surface area contributed by atoms with Crippen LogP contribution >= 0.6 is 11.6 Å². The van der Waals surface area contributed by atoms with Crippen LogP contribution in [-0.4, -0.2) is 34.7 Å². The average molecular weight is 447 g/mol. The van der Waals surface area contributed by atoms with Crippen molar-refractivity contribution in [1.29, 1.82) is 0 Å². The van der Waals surface area contributed by atoms with Gasteiger partial charge >= 0.3 is 6.18 Å². The molecule has 0 aliphatic rings. The van der Waals surface area contributed by atoms with Gasteiger partial charge in [-0.15, -0.1) is 10.2 Å². The lowest BCUT2D eigenvalue weighted by molar-refractivity contribution is -0.141. The normalized spacial score (nSPS) is 11.9. The van der Waals surface area contributed by atoms with Crippen molar-refractivity contribution in [3.8, 4) is 0 Å². The number of rotatable bonds is 5. The van der Waals surface area contributed by atoms with E-state index >= 15 is 0 Å². The van der Waals surface area contributed by atoms with E-state index in [9.17, 15) is 26.4 Å². The predicted molar refractivity (Wildman–Crippen MR) is 95.8 cm³/mol. The lowest BCUT2D eigenvalue weighted by Crippen LogP contribution is -2.15. The number of carbonyl (C=O) groups is 1. The van der Waals surface area contributed by atoms with Crippen molar-refractivity contribution in [1.82, 2.24) is 20.4 Å². The van der Waals surface area contributed by atoms with Gasteiger partial charge in [0.2, 0.25) is 0 Å². The quantitative estimate of drug-likeness (QED) is 0.552. The highest BCUT2D eigenvalue weighted by Gasteiger charge is 2.33. The van der Waals surface area contributed by atoms with Crippen molar-refractivity contribution in [2.75, 3.05) is 10.0 Å². The van der Waals surface area contributed by atoms with Gasteiger partial charge in [-0.2, -0.15) is 18.3 Å². The molecule has 2 heterocycles. The minimum absolute atomic E-state index is 0.0502. The van der Waals surface area contributed by atoms with Gasteiger partial charge in [0.25, 0.3) is 15.9 Å². The highest BCUT2D eigenvalue weighted by atomic mass is 35.5. The van der Waals surface area contributed by atoms with E-state index in [1.807, 2.05) is 0 Å². The molecule has 152 valence electrons. The Morgan fingerprint density at radius 2 is 1.76 bits per heavy atom. The minimum Gasteiger partial charge on any atom is -0.321 e. The molecule has 0 bridgehead atoms. The number of H-pyrrole nitrogens is 1. The van der Waals surface area contributed by atoms with E-state index in [1.165, 1.54) is 36.4 Å². The van der Waals surface area contributed by atoms with Crippen LogP contribution in [-0.2, 0) is 16.2 Å². The van der Waals surface area contributed by atoms with Crippen molar-refractivity contribution in [2.24, 2.45) is 0 Å². The molecule has 9 nitrogen and oxygen atoms in total. The number of aromatic nitrogens is 4. The molecule has 3 N–H and O–H groups in total. The summed E-state index contributed by atoms with van der Waals surface area (Å²) in [7, 11) is -3.99. The molecule has 3 aromatic rings. The topological polar surface area (TPSA) is 130 Å². The third kappa shape index (κ3) is 5.00. The standard InChI is InChI=1S/C15H10ClF3N6O3S/c16-12-5-6-13(24-23-12)25-29(27,28)9-3-1-8(2-4-9)20-14(26)10-7-11(22-21-10)15(17,18)19/h1-7H,(H,20,26)(H,21,22)(H,24,25).